The van der Waals surface area contributed by atoms with E-state index < -0.39 is 0 Å². The smallest absolute Gasteiger partial charge is 0.344 e. The minimum absolute atomic E-state index is 0.119. The molecule has 0 aromatic carbocycles. The molecule has 2 heterocycles. The van der Waals surface area contributed by atoms with Crippen LogP contribution in [0.25, 0.3) is 0 Å². The molecule has 1 saturated heterocycles. The fourth-order valence-corrected chi connectivity index (χ4v) is 3.00. The molecule has 1 aromatic rings. The van der Waals surface area contributed by atoms with E-state index in [4.69, 9.17) is 0 Å². The van der Waals surface area contributed by atoms with Gasteiger partial charge in [0.05, 0.1) is 4.92 Å². The van der Waals surface area contributed by atoms with Crippen LogP contribution in [0.5, 0.6) is 0 Å². The summed E-state index contributed by atoms with van der Waals surface area (Å²) in [6, 6.07) is 0.402. The maximum atomic E-state index is 10.6. The zero-order chi connectivity index (χ0) is 12.3. The van der Waals surface area contributed by atoms with Crippen LogP contribution in [0.4, 0.5) is 10.1 Å². The fraction of sp³-hybridized carbons (Fsp3) is 0.700. The van der Waals surface area contributed by atoms with Gasteiger partial charge in [-0.3, -0.25) is 10.1 Å². The highest BCUT2D eigenvalue weighted by atomic mass is 32.1. The number of hydrogen-bond acceptors (Lipinski definition) is 6. The second-order valence-electron chi connectivity index (χ2n) is 4.14. The first kappa shape index (κ1) is 12.3. The molecule has 7 heteroatoms. The van der Waals surface area contributed by atoms with Gasteiger partial charge in [-0.05, 0) is 37.6 Å². The summed E-state index contributed by atoms with van der Waals surface area (Å²) in [4.78, 5) is 16.6. The van der Waals surface area contributed by atoms with E-state index in [1.54, 1.807) is 0 Å². The lowest BCUT2D eigenvalue weighted by atomic mass is 10.0. The van der Waals surface area contributed by atoms with Crippen molar-refractivity contribution in [2.75, 3.05) is 25.0 Å². The number of nitro groups is 1. The van der Waals surface area contributed by atoms with Crippen molar-refractivity contribution >= 4 is 21.5 Å². The van der Waals surface area contributed by atoms with E-state index in [2.05, 4.69) is 15.2 Å². The monoisotopic (exact) mass is 256 g/mol. The van der Waals surface area contributed by atoms with Crippen molar-refractivity contribution in [3.63, 3.8) is 0 Å². The van der Waals surface area contributed by atoms with E-state index in [0.717, 1.165) is 31.1 Å². The first-order chi connectivity index (χ1) is 8.22. The first-order valence-electron chi connectivity index (χ1n) is 5.74. The Morgan fingerprint density at radius 3 is 3.18 bits per heavy atom. The molecule has 1 aliphatic rings. The standard InChI is InChI=1S/C10H16N4O2S/c1-11-6-8-4-2-3-5-13(8)10-12-7-9(17-10)14(15)16/h7-8,11H,2-6H2,1H3. The molecule has 0 amide bonds. The molecule has 0 aliphatic carbocycles. The highest BCUT2D eigenvalue weighted by molar-refractivity contribution is 7.18. The summed E-state index contributed by atoms with van der Waals surface area (Å²) in [7, 11) is 1.93. The van der Waals surface area contributed by atoms with Gasteiger partial charge < -0.3 is 10.2 Å². The number of hydrogen-bond donors (Lipinski definition) is 1. The zero-order valence-electron chi connectivity index (χ0n) is 9.76. The Labute approximate surface area is 104 Å². The van der Waals surface area contributed by atoms with Crippen LogP contribution in [-0.4, -0.2) is 36.1 Å². The third kappa shape index (κ3) is 2.73. The Hall–Kier alpha value is -1.21. The van der Waals surface area contributed by atoms with E-state index in [1.165, 1.54) is 24.0 Å². The SMILES string of the molecule is CNCC1CCCCN1c1ncc([N+](=O)[O-])s1. The molecule has 1 unspecified atom stereocenters. The van der Waals surface area contributed by atoms with Crippen LogP contribution in [-0.2, 0) is 0 Å². The lowest BCUT2D eigenvalue weighted by Gasteiger charge is -2.35. The number of anilines is 1. The van der Waals surface area contributed by atoms with Gasteiger partial charge in [-0.2, -0.15) is 0 Å². The van der Waals surface area contributed by atoms with Crippen LogP contribution in [0.2, 0.25) is 0 Å². The quantitative estimate of drug-likeness (QED) is 0.655. The Morgan fingerprint density at radius 1 is 1.71 bits per heavy atom. The predicted octanol–water partition coefficient (Wildman–Crippen LogP) is 1.63. The second-order valence-corrected chi connectivity index (χ2v) is 5.13. The molecule has 0 radical (unpaired) electrons. The van der Waals surface area contributed by atoms with Gasteiger partial charge in [0.1, 0.15) is 6.20 Å². The summed E-state index contributed by atoms with van der Waals surface area (Å²) in [6.07, 6.45) is 4.82. The van der Waals surface area contributed by atoms with Crippen molar-refractivity contribution in [1.82, 2.24) is 10.3 Å². The van der Waals surface area contributed by atoms with Gasteiger partial charge in [0.15, 0.2) is 5.13 Å². The largest absolute Gasteiger partial charge is 0.345 e. The number of aromatic nitrogens is 1. The van der Waals surface area contributed by atoms with Gasteiger partial charge >= 0.3 is 5.00 Å². The number of rotatable bonds is 4. The molecule has 1 N–H and O–H groups in total. The summed E-state index contributed by atoms with van der Waals surface area (Å²) in [5.74, 6) is 0. The van der Waals surface area contributed by atoms with Gasteiger partial charge in [-0.15, -0.1) is 0 Å². The molecule has 1 aliphatic heterocycles. The van der Waals surface area contributed by atoms with E-state index in [0.29, 0.717) is 6.04 Å². The minimum atomic E-state index is -0.377. The molecule has 0 spiro atoms. The highest BCUT2D eigenvalue weighted by Crippen LogP contribution is 2.32. The molecular formula is C10H16N4O2S. The topological polar surface area (TPSA) is 71.3 Å². The predicted molar refractivity (Wildman–Crippen MR) is 67.7 cm³/mol. The Balaban J connectivity index is 2.14. The molecule has 1 fully saturated rings. The van der Waals surface area contributed by atoms with Gasteiger partial charge in [-0.25, -0.2) is 4.98 Å². The number of nitrogens with zero attached hydrogens (tertiary/aromatic N) is 3. The average Bonchev–Trinajstić information content (AvgIpc) is 2.79. The maximum Gasteiger partial charge on any atom is 0.345 e. The van der Waals surface area contributed by atoms with Gasteiger partial charge in [0.25, 0.3) is 0 Å². The van der Waals surface area contributed by atoms with E-state index in [9.17, 15) is 10.1 Å². The minimum Gasteiger partial charge on any atom is -0.344 e. The summed E-state index contributed by atoms with van der Waals surface area (Å²) in [5.41, 5.74) is 0. The number of piperidine rings is 1. The van der Waals surface area contributed by atoms with Crippen LogP contribution in [0.3, 0.4) is 0 Å². The van der Waals surface area contributed by atoms with Gasteiger partial charge in [0, 0.05) is 19.1 Å². The molecule has 0 saturated carbocycles. The highest BCUT2D eigenvalue weighted by Gasteiger charge is 2.25. The summed E-state index contributed by atoms with van der Waals surface area (Å²) in [5, 5.41) is 14.7. The second kappa shape index (κ2) is 5.42. The lowest BCUT2D eigenvalue weighted by Crippen LogP contribution is -2.44. The van der Waals surface area contributed by atoms with Gasteiger partial charge in [-0.1, -0.05) is 0 Å². The molecule has 2 rings (SSSR count). The molecule has 1 aromatic heterocycles. The van der Waals surface area contributed by atoms with E-state index >= 15 is 0 Å². The van der Waals surface area contributed by atoms with Crippen LogP contribution in [0, 0.1) is 10.1 Å². The normalized spacial score (nSPS) is 20.5. The van der Waals surface area contributed by atoms with Crippen molar-refractivity contribution in [2.24, 2.45) is 0 Å². The van der Waals surface area contributed by atoms with Crippen LogP contribution >= 0.6 is 11.3 Å². The molecule has 17 heavy (non-hydrogen) atoms. The average molecular weight is 256 g/mol. The zero-order valence-corrected chi connectivity index (χ0v) is 10.6. The number of nitrogens with one attached hydrogen (secondary N) is 1. The van der Waals surface area contributed by atoms with E-state index in [1.807, 2.05) is 7.05 Å². The maximum absolute atomic E-state index is 10.6. The lowest BCUT2D eigenvalue weighted by molar-refractivity contribution is -0.380. The van der Waals surface area contributed by atoms with Gasteiger partial charge in [0.2, 0.25) is 0 Å². The Kier molecular flexibility index (Phi) is 3.90. The Bertz CT molecular complexity index is 393. The molecule has 94 valence electrons. The summed E-state index contributed by atoms with van der Waals surface area (Å²) < 4.78 is 0. The van der Waals surface area contributed by atoms with Crippen LogP contribution in [0.1, 0.15) is 19.3 Å². The molecule has 1 atom stereocenters. The van der Waals surface area contributed by atoms with Crippen LogP contribution < -0.4 is 10.2 Å². The molecular weight excluding hydrogens is 240 g/mol. The van der Waals surface area contributed by atoms with Crippen LogP contribution in [0.15, 0.2) is 6.20 Å². The van der Waals surface area contributed by atoms with Crippen molar-refractivity contribution < 1.29 is 4.92 Å². The molecule has 0 bridgehead atoms. The van der Waals surface area contributed by atoms with Crippen molar-refractivity contribution in [3.8, 4) is 0 Å². The van der Waals surface area contributed by atoms with Crippen molar-refractivity contribution in [1.29, 1.82) is 0 Å². The number of likely N-dealkylation sites (N-methyl/N-ethyl adjacent to an activating group) is 1. The third-order valence-corrected chi connectivity index (χ3v) is 3.96. The van der Waals surface area contributed by atoms with Crippen molar-refractivity contribution in [2.45, 2.75) is 25.3 Å². The van der Waals surface area contributed by atoms with E-state index in [-0.39, 0.29) is 9.92 Å². The summed E-state index contributed by atoms with van der Waals surface area (Å²) in [6.45, 7) is 1.84. The summed E-state index contributed by atoms with van der Waals surface area (Å²) >= 11 is 1.17. The van der Waals surface area contributed by atoms with Crippen molar-refractivity contribution in [3.05, 3.63) is 16.3 Å². The Morgan fingerprint density at radius 2 is 2.53 bits per heavy atom. The third-order valence-electron chi connectivity index (χ3n) is 2.97. The molecule has 6 nitrogen and oxygen atoms in total. The number of thiazole rings is 1. The first-order valence-corrected chi connectivity index (χ1v) is 6.55. The fourth-order valence-electron chi connectivity index (χ4n) is 2.17.